The van der Waals surface area contributed by atoms with Crippen molar-refractivity contribution in [2.75, 3.05) is 30.6 Å². The topological polar surface area (TPSA) is 102 Å². The number of thioether (sulfide) groups is 1. The number of nitrogens with one attached hydrogen (secondary N) is 2. The molecule has 0 fully saturated rings. The molecule has 10 heteroatoms. The maximum absolute atomic E-state index is 12.1. The highest BCUT2D eigenvalue weighted by molar-refractivity contribution is 8.01. The summed E-state index contributed by atoms with van der Waals surface area (Å²) in [5.74, 6) is 1.04. The number of rotatable bonds is 10. The molecule has 2 rings (SSSR count). The molecule has 0 aliphatic carbocycles. The Labute approximate surface area is 166 Å². The normalized spacial score (nSPS) is 10.3. The predicted molar refractivity (Wildman–Crippen MR) is 107 cm³/mol. The van der Waals surface area contributed by atoms with Gasteiger partial charge in [-0.15, -0.1) is 10.2 Å². The molecule has 1 aromatic carbocycles. The number of methoxy groups -OCH3 is 2. The largest absolute Gasteiger partial charge is 0.493 e. The van der Waals surface area contributed by atoms with Gasteiger partial charge in [-0.05, 0) is 18.6 Å². The van der Waals surface area contributed by atoms with Crippen LogP contribution in [0.1, 0.15) is 26.2 Å². The highest BCUT2D eigenvalue weighted by Gasteiger charge is 2.11. The van der Waals surface area contributed by atoms with Crippen LogP contribution in [0.4, 0.5) is 10.8 Å². The van der Waals surface area contributed by atoms with Crippen LogP contribution in [-0.2, 0) is 9.59 Å². The molecule has 0 unspecified atom stereocenters. The summed E-state index contributed by atoms with van der Waals surface area (Å²) in [5, 5.41) is 13.8. The predicted octanol–water partition coefficient (Wildman–Crippen LogP) is 3.41. The maximum Gasteiger partial charge on any atom is 0.234 e. The van der Waals surface area contributed by atoms with Crippen molar-refractivity contribution in [3.8, 4) is 11.5 Å². The van der Waals surface area contributed by atoms with Crippen molar-refractivity contribution in [2.45, 2.75) is 30.5 Å². The number of benzene rings is 1. The number of hydrogen-bond acceptors (Lipinski definition) is 8. The highest BCUT2D eigenvalue weighted by atomic mass is 32.2. The summed E-state index contributed by atoms with van der Waals surface area (Å²) in [4.78, 5) is 23.8. The summed E-state index contributed by atoms with van der Waals surface area (Å²) < 4.78 is 11.0. The van der Waals surface area contributed by atoms with Gasteiger partial charge in [-0.3, -0.25) is 9.59 Å². The first-order chi connectivity index (χ1) is 13.0. The number of anilines is 2. The lowest BCUT2D eigenvalue weighted by molar-refractivity contribution is -0.116. The van der Waals surface area contributed by atoms with Crippen molar-refractivity contribution < 1.29 is 19.1 Å². The van der Waals surface area contributed by atoms with E-state index in [9.17, 15) is 9.59 Å². The summed E-state index contributed by atoms with van der Waals surface area (Å²) in [6.45, 7) is 2.03. The van der Waals surface area contributed by atoms with E-state index >= 15 is 0 Å². The fourth-order valence-electron chi connectivity index (χ4n) is 2.08. The maximum atomic E-state index is 12.1. The molecule has 0 radical (unpaired) electrons. The Bertz CT molecular complexity index is 782. The molecule has 0 bridgehead atoms. The number of carbonyl (C=O) groups is 2. The fraction of sp³-hybridized carbons (Fsp3) is 0.412. The Morgan fingerprint density at radius 1 is 1.11 bits per heavy atom. The van der Waals surface area contributed by atoms with E-state index < -0.39 is 0 Å². The molecule has 27 heavy (non-hydrogen) atoms. The molecule has 0 aliphatic heterocycles. The summed E-state index contributed by atoms with van der Waals surface area (Å²) in [7, 11) is 3.09. The van der Waals surface area contributed by atoms with Gasteiger partial charge in [0.15, 0.2) is 15.8 Å². The second-order valence-electron chi connectivity index (χ2n) is 5.43. The molecule has 0 saturated heterocycles. The molecular formula is C17H22N4O4S2. The number of unbranched alkanes of at least 4 members (excludes halogenated alkanes) is 1. The highest BCUT2D eigenvalue weighted by Crippen LogP contribution is 2.30. The first-order valence-corrected chi connectivity index (χ1v) is 10.1. The minimum absolute atomic E-state index is 0.0734. The summed E-state index contributed by atoms with van der Waals surface area (Å²) >= 11 is 2.50. The van der Waals surface area contributed by atoms with Gasteiger partial charge in [-0.2, -0.15) is 0 Å². The van der Waals surface area contributed by atoms with Crippen molar-refractivity contribution in [3.63, 3.8) is 0 Å². The Balaban J connectivity index is 1.83. The Hall–Kier alpha value is -2.33. The molecular weight excluding hydrogens is 388 g/mol. The number of carbonyl (C=O) groups excluding carboxylic acids is 2. The van der Waals surface area contributed by atoms with E-state index in [1.165, 1.54) is 30.2 Å². The zero-order valence-corrected chi connectivity index (χ0v) is 17.0. The van der Waals surface area contributed by atoms with Crippen LogP contribution in [0.25, 0.3) is 0 Å². The lowest BCUT2D eigenvalue weighted by atomic mass is 10.2. The molecule has 1 aromatic heterocycles. The van der Waals surface area contributed by atoms with Gasteiger partial charge in [0, 0.05) is 18.2 Å². The van der Waals surface area contributed by atoms with Crippen LogP contribution in [0.5, 0.6) is 11.5 Å². The monoisotopic (exact) mass is 410 g/mol. The lowest BCUT2D eigenvalue weighted by Crippen LogP contribution is -2.14. The molecule has 8 nitrogen and oxygen atoms in total. The quantitative estimate of drug-likeness (QED) is 0.457. The van der Waals surface area contributed by atoms with Gasteiger partial charge in [0.2, 0.25) is 16.9 Å². The van der Waals surface area contributed by atoms with Crippen LogP contribution in [0.15, 0.2) is 22.5 Å². The van der Waals surface area contributed by atoms with Crippen LogP contribution in [0.2, 0.25) is 0 Å². The van der Waals surface area contributed by atoms with E-state index in [1.807, 2.05) is 6.92 Å². The molecule has 0 atom stereocenters. The van der Waals surface area contributed by atoms with Gasteiger partial charge >= 0.3 is 0 Å². The first-order valence-electron chi connectivity index (χ1n) is 8.33. The standard InChI is InChI=1S/C17H22N4O4S2/c1-4-5-6-14(22)19-16-20-21-17(27-16)26-10-15(23)18-11-7-8-12(24-2)13(9-11)25-3/h7-9H,4-6,10H2,1-3H3,(H,18,23)(H,19,20,22). The van der Waals surface area contributed by atoms with Crippen LogP contribution in [0, 0.1) is 0 Å². The van der Waals surface area contributed by atoms with E-state index in [4.69, 9.17) is 9.47 Å². The Morgan fingerprint density at radius 2 is 1.89 bits per heavy atom. The van der Waals surface area contributed by atoms with E-state index in [-0.39, 0.29) is 17.6 Å². The average Bonchev–Trinajstić information content (AvgIpc) is 3.11. The van der Waals surface area contributed by atoms with Crippen molar-refractivity contribution >= 4 is 45.7 Å². The van der Waals surface area contributed by atoms with Gasteiger partial charge < -0.3 is 20.1 Å². The van der Waals surface area contributed by atoms with Crippen LogP contribution >= 0.6 is 23.1 Å². The summed E-state index contributed by atoms with van der Waals surface area (Å²) in [6, 6.07) is 5.15. The van der Waals surface area contributed by atoms with Crippen LogP contribution in [-0.4, -0.2) is 42.0 Å². The average molecular weight is 411 g/mol. The zero-order valence-electron chi connectivity index (χ0n) is 15.4. The third kappa shape index (κ3) is 6.72. The number of amides is 2. The second-order valence-corrected chi connectivity index (χ2v) is 7.63. The van der Waals surface area contributed by atoms with Crippen molar-refractivity contribution in [2.24, 2.45) is 0 Å². The summed E-state index contributed by atoms with van der Waals surface area (Å²) in [6.07, 6.45) is 2.26. The van der Waals surface area contributed by atoms with Gasteiger partial charge in [-0.1, -0.05) is 36.4 Å². The van der Waals surface area contributed by atoms with Gasteiger partial charge in [-0.25, -0.2) is 0 Å². The smallest absolute Gasteiger partial charge is 0.234 e. The Morgan fingerprint density at radius 3 is 2.59 bits per heavy atom. The molecule has 2 aromatic rings. The van der Waals surface area contributed by atoms with Crippen molar-refractivity contribution in [3.05, 3.63) is 18.2 Å². The number of hydrogen-bond donors (Lipinski definition) is 2. The van der Waals surface area contributed by atoms with Crippen LogP contribution in [0.3, 0.4) is 0 Å². The van der Waals surface area contributed by atoms with Gasteiger partial charge in [0.25, 0.3) is 0 Å². The van der Waals surface area contributed by atoms with E-state index in [1.54, 1.807) is 25.3 Å². The lowest BCUT2D eigenvalue weighted by Gasteiger charge is -2.10. The third-order valence-corrected chi connectivity index (χ3v) is 5.38. The first kappa shape index (κ1) is 21.0. The molecule has 1 heterocycles. The minimum atomic E-state index is -0.184. The second kappa shape index (κ2) is 10.7. The van der Waals surface area contributed by atoms with E-state index in [2.05, 4.69) is 20.8 Å². The van der Waals surface area contributed by atoms with E-state index in [0.717, 1.165) is 12.8 Å². The minimum Gasteiger partial charge on any atom is -0.493 e. The van der Waals surface area contributed by atoms with E-state index in [0.29, 0.717) is 33.1 Å². The molecule has 0 spiro atoms. The van der Waals surface area contributed by atoms with Gasteiger partial charge in [0.1, 0.15) is 0 Å². The van der Waals surface area contributed by atoms with Gasteiger partial charge in [0.05, 0.1) is 20.0 Å². The molecule has 2 N–H and O–H groups in total. The SMILES string of the molecule is CCCCC(=O)Nc1nnc(SCC(=O)Nc2ccc(OC)c(OC)c2)s1. The summed E-state index contributed by atoms with van der Waals surface area (Å²) in [5.41, 5.74) is 0.611. The van der Waals surface area contributed by atoms with Crippen molar-refractivity contribution in [1.82, 2.24) is 10.2 Å². The molecule has 2 amide bonds. The zero-order chi connectivity index (χ0) is 19.6. The molecule has 0 saturated carbocycles. The Kier molecular flexibility index (Phi) is 8.34. The van der Waals surface area contributed by atoms with Crippen LogP contribution < -0.4 is 20.1 Å². The number of aromatic nitrogens is 2. The fourth-order valence-corrected chi connectivity index (χ4v) is 3.64. The third-order valence-electron chi connectivity index (χ3n) is 3.40. The number of ether oxygens (including phenoxy) is 2. The molecule has 146 valence electrons. The number of nitrogens with zero attached hydrogens (tertiary/aromatic N) is 2. The van der Waals surface area contributed by atoms with Crippen molar-refractivity contribution in [1.29, 1.82) is 0 Å². The molecule has 0 aliphatic rings.